The Morgan fingerprint density at radius 1 is 0.696 bits per heavy atom. The van der Waals surface area contributed by atoms with E-state index >= 15 is 0 Å². The van der Waals surface area contributed by atoms with Gasteiger partial charge in [-0.2, -0.15) is 0 Å². The molecule has 15 atom stereocenters. The fourth-order valence-corrected chi connectivity index (χ4v) is 18.4. The Hall–Kier alpha value is -6.79. The van der Waals surface area contributed by atoms with Crippen molar-refractivity contribution in [3.63, 3.8) is 0 Å². The largest absolute Gasteiger partial charge is 0.445 e. The van der Waals surface area contributed by atoms with Gasteiger partial charge in [-0.3, -0.25) is 48.2 Å². The van der Waals surface area contributed by atoms with Crippen molar-refractivity contribution in [3.8, 4) is 0 Å². The summed E-state index contributed by atoms with van der Waals surface area (Å²) in [7, 11) is 6.21. The number of ether oxygens (including phenoxy) is 3. The molecule has 4 fully saturated rings. The topological polar surface area (TPSA) is 301 Å². The maximum Gasteiger partial charge on any atom is 0.410 e. The minimum atomic E-state index is -1.05. The second-order valence-electron chi connectivity index (χ2n) is 34.5. The Bertz CT molecular complexity index is 3280. The van der Waals surface area contributed by atoms with Crippen LogP contribution in [0, 0.1) is 58.7 Å². The third kappa shape index (κ3) is 26.1. The number of benzene rings is 2. The Balaban J connectivity index is 1.03. The lowest BCUT2D eigenvalue weighted by Crippen LogP contribution is -2.60. The number of carbonyl (C=O) groups is 9. The minimum Gasteiger partial charge on any atom is -0.445 e. The summed E-state index contributed by atoms with van der Waals surface area (Å²) in [6.45, 7) is 26.4. The van der Waals surface area contributed by atoms with Crippen LogP contribution in [-0.2, 0) is 59.2 Å². The highest BCUT2D eigenvalue weighted by Gasteiger charge is 2.53. The molecule has 0 aromatic heterocycles. The van der Waals surface area contributed by atoms with Gasteiger partial charge >= 0.3 is 6.09 Å². The number of nitrogens with one attached hydrogen (secondary N) is 5. The number of likely N-dealkylation sites (tertiary alicyclic amines) is 2. The Morgan fingerprint density at radius 3 is 1.91 bits per heavy atom. The van der Waals surface area contributed by atoms with E-state index in [4.69, 9.17) is 19.9 Å². The molecule has 630 valence electrons. The SMILES string of the molecule is C/C=C\CC(CC)(C1CCCCCCCC1)C1CC(=O)N(CCCCC[C@H](C)N[C@H](C(=O)N[C@@H](CC2CCC(CN)CC2)C(=O)Nc2ccc(COC(=O)N(C)[C@H](C(=O)N[C@H](C(=O)N(C)[C@@H]([C@@H](C)CC)[C@@H](CC(=O)N3CCC[C@H]3[C@H](OC)[C@@H](C)C(=O)N[C@H](C)[C@@H](O)c3ccccc3)OC)C(C)C)C(C)C)cc2)C(C)C)C1=O. The number of likely N-dealkylation sites (N-methyl/N-ethyl adjacent to an activating group) is 2. The van der Waals surface area contributed by atoms with Crippen molar-refractivity contribution < 1.29 is 62.5 Å². The number of unbranched alkanes of at least 4 members (excludes halogenated alkanes) is 2. The molecule has 9 amide bonds. The predicted octanol–water partition coefficient (Wildman–Crippen LogP) is 13.2. The first-order chi connectivity index (χ1) is 53.4. The van der Waals surface area contributed by atoms with Crippen LogP contribution in [0.1, 0.15) is 261 Å². The van der Waals surface area contributed by atoms with Gasteiger partial charge in [0.15, 0.2) is 0 Å². The summed E-state index contributed by atoms with van der Waals surface area (Å²) in [4.78, 5) is 135. The van der Waals surface area contributed by atoms with Crippen LogP contribution in [0.5, 0.6) is 0 Å². The zero-order valence-electron chi connectivity index (χ0n) is 71.4. The van der Waals surface area contributed by atoms with Gasteiger partial charge in [-0.1, -0.05) is 194 Å². The number of amides is 9. The maximum absolute atomic E-state index is 14.9. The van der Waals surface area contributed by atoms with E-state index in [-0.39, 0.29) is 83.6 Å². The number of imide groups is 1. The highest BCUT2D eigenvalue weighted by molar-refractivity contribution is 6.04. The molecule has 2 saturated heterocycles. The van der Waals surface area contributed by atoms with Crippen LogP contribution in [0.25, 0.3) is 0 Å². The summed E-state index contributed by atoms with van der Waals surface area (Å²) in [5.41, 5.74) is 7.64. The molecule has 2 aromatic carbocycles. The number of anilines is 1. The third-order valence-electron chi connectivity index (χ3n) is 25.6. The number of hydrogen-bond donors (Lipinski definition) is 7. The summed E-state index contributed by atoms with van der Waals surface area (Å²) >= 11 is 0. The van der Waals surface area contributed by atoms with Crippen LogP contribution in [0.2, 0.25) is 0 Å². The first-order valence-electron chi connectivity index (χ1n) is 42.9. The van der Waals surface area contributed by atoms with E-state index in [1.807, 2.05) is 66.7 Å². The van der Waals surface area contributed by atoms with Gasteiger partial charge < -0.3 is 61.4 Å². The van der Waals surface area contributed by atoms with Crippen molar-refractivity contribution in [2.75, 3.05) is 53.3 Å². The van der Waals surface area contributed by atoms with E-state index in [2.05, 4.69) is 52.6 Å². The molecular weight excluding hydrogens is 1420 g/mol. The number of carbonyl (C=O) groups excluding carboxylic acids is 9. The quantitative estimate of drug-likeness (QED) is 0.0184. The summed E-state index contributed by atoms with van der Waals surface area (Å²) in [5, 5.41) is 26.8. The fraction of sp³-hybridized carbons (Fsp3) is 0.742. The van der Waals surface area contributed by atoms with Crippen LogP contribution in [0.15, 0.2) is 66.7 Å². The zero-order chi connectivity index (χ0) is 82.5. The van der Waals surface area contributed by atoms with Crippen molar-refractivity contribution >= 4 is 59.0 Å². The summed E-state index contributed by atoms with van der Waals surface area (Å²) in [6, 6.07) is 10.9. The second-order valence-corrected chi connectivity index (χ2v) is 34.5. The van der Waals surface area contributed by atoms with Crippen LogP contribution in [0.4, 0.5) is 10.5 Å². The molecule has 2 aliphatic heterocycles. The van der Waals surface area contributed by atoms with Crippen LogP contribution in [-0.4, -0.2) is 187 Å². The Kier molecular flexibility index (Phi) is 39.2. The lowest BCUT2D eigenvalue weighted by atomic mass is 9.59. The van der Waals surface area contributed by atoms with Crippen LogP contribution in [0.3, 0.4) is 0 Å². The van der Waals surface area contributed by atoms with E-state index in [1.54, 1.807) is 85.8 Å². The molecule has 2 aromatic rings. The number of nitrogens with two attached hydrogens (primary N) is 1. The summed E-state index contributed by atoms with van der Waals surface area (Å²) < 4.78 is 18.0. The van der Waals surface area contributed by atoms with Gasteiger partial charge in [0.25, 0.3) is 0 Å². The number of aliphatic hydroxyl groups excluding tert-OH is 1. The molecule has 8 N–H and O–H groups in total. The number of nitrogens with zero attached hydrogens (tertiary/aromatic N) is 4. The second kappa shape index (κ2) is 46.7. The van der Waals surface area contributed by atoms with Gasteiger partial charge in [0.2, 0.25) is 47.3 Å². The molecule has 23 heteroatoms. The lowest BCUT2D eigenvalue weighted by Gasteiger charge is -2.44. The van der Waals surface area contributed by atoms with Gasteiger partial charge in [-0.15, -0.1) is 0 Å². The molecule has 0 spiro atoms. The number of hydrogen-bond acceptors (Lipinski definition) is 15. The normalized spacial score (nSPS) is 21.9. The van der Waals surface area contributed by atoms with Gasteiger partial charge in [0.05, 0.1) is 60.7 Å². The molecule has 0 bridgehead atoms. The van der Waals surface area contributed by atoms with E-state index < -0.39 is 96.3 Å². The smallest absolute Gasteiger partial charge is 0.410 e. The first-order valence-corrected chi connectivity index (χ1v) is 42.9. The van der Waals surface area contributed by atoms with Crippen LogP contribution >= 0.6 is 0 Å². The molecular formula is C89H146N10O13. The average Bonchev–Trinajstić information content (AvgIpc) is 1.59. The molecule has 2 aliphatic carbocycles. The molecule has 0 radical (unpaired) electrons. The van der Waals surface area contributed by atoms with Gasteiger partial charge in [0.1, 0.15) is 24.7 Å². The van der Waals surface area contributed by atoms with Gasteiger partial charge in [-0.05, 0) is 168 Å². The summed E-state index contributed by atoms with van der Waals surface area (Å²) in [5.74, 6) is -3.07. The molecule has 23 nitrogen and oxygen atoms in total. The first kappa shape index (κ1) is 94.1. The van der Waals surface area contributed by atoms with Crippen molar-refractivity contribution in [3.05, 3.63) is 77.9 Å². The van der Waals surface area contributed by atoms with Crippen molar-refractivity contribution in [1.82, 2.24) is 40.9 Å². The Labute approximate surface area is 672 Å². The molecule has 6 rings (SSSR count). The van der Waals surface area contributed by atoms with Gasteiger partial charge in [-0.25, -0.2) is 4.79 Å². The summed E-state index contributed by atoms with van der Waals surface area (Å²) in [6.07, 6.45) is 22.1. The Morgan fingerprint density at radius 2 is 1.33 bits per heavy atom. The van der Waals surface area contributed by atoms with Gasteiger partial charge in [0, 0.05) is 59.6 Å². The molecule has 112 heavy (non-hydrogen) atoms. The van der Waals surface area contributed by atoms with E-state index in [1.165, 1.54) is 64.7 Å². The minimum absolute atomic E-state index is 0.0170. The van der Waals surface area contributed by atoms with E-state index in [0.29, 0.717) is 80.4 Å². The zero-order valence-corrected chi connectivity index (χ0v) is 71.4. The van der Waals surface area contributed by atoms with E-state index in [9.17, 15) is 48.3 Å². The standard InChI is InChI=1S/C89H146N10O13/c1-18-21-49-89(20-3,68-38-31-24-22-23-25-32-39-68)70-53-74(100)99(86(70)107)50-33-27-28-35-61(11)91-76(57(4)5)84(105)94-71(52-64-41-43-65(55-90)44-42-64)83(104)93-69-47-45-66(46-48-69)56-112-88(109)97(15)78(59(8)9)85(106)95-77(58(6)7)87(108)96(14)79(60(10)19-2)73(110-16)54-75(101)98-51-34-40-72(98)81(111-17)62(12)82(103)92-63(13)80(102)67-36-29-26-30-37-67/h18,21,26,29-30,36-37,45-48,57-65,68,70-73,76-81,91,102H,19-20,22-25,27-28,31-35,38-44,49-56,90H2,1-17H3,(H,92,103)(H,93,104)(H,94,105)(H,95,106)/b21-18-/t60-,61-,62+,63+,64?,65?,70?,71-,72-,73+,76-,77-,78-,79-,80+,81+,89?/m0/s1. The monoisotopic (exact) mass is 1560 g/mol. The predicted molar refractivity (Wildman–Crippen MR) is 442 cm³/mol. The lowest BCUT2D eigenvalue weighted by molar-refractivity contribution is -0.148. The molecule has 2 unspecified atom stereocenters. The highest BCUT2D eigenvalue weighted by Crippen LogP contribution is 2.52. The van der Waals surface area contributed by atoms with Crippen molar-refractivity contribution in [1.29, 1.82) is 0 Å². The van der Waals surface area contributed by atoms with Crippen molar-refractivity contribution in [2.24, 2.45) is 64.4 Å². The number of allylic oxidation sites excluding steroid dienone is 2. The number of rotatable bonds is 43. The third-order valence-corrected chi connectivity index (χ3v) is 25.6. The molecule has 2 heterocycles. The maximum atomic E-state index is 14.9. The highest BCUT2D eigenvalue weighted by atomic mass is 16.6. The van der Waals surface area contributed by atoms with Crippen LogP contribution < -0.4 is 32.3 Å². The fourth-order valence-electron chi connectivity index (χ4n) is 18.4. The molecule has 4 aliphatic rings. The average molecular weight is 1560 g/mol. The van der Waals surface area contributed by atoms with E-state index in [0.717, 1.165) is 77.0 Å². The number of aliphatic hydroxyl groups is 1. The molecule has 2 saturated carbocycles. The number of methoxy groups -OCH3 is 2. The van der Waals surface area contributed by atoms with Crippen molar-refractivity contribution in [2.45, 2.75) is 317 Å².